The van der Waals surface area contributed by atoms with Crippen molar-refractivity contribution in [3.8, 4) is 0 Å². The van der Waals surface area contributed by atoms with Gasteiger partial charge in [0, 0.05) is 60.6 Å². The fraction of sp³-hybridized carbons (Fsp3) is 0.286. The number of H-pyrrole nitrogens is 1. The predicted molar refractivity (Wildman–Crippen MR) is 137 cm³/mol. The summed E-state index contributed by atoms with van der Waals surface area (Å²) in [5.74, 6) is -0.528. The number of aromatic amines is 1. The van der Waals surface area contributed by atoms with Gasteiger partial charge in [-0.1, -0.05) is 36.4 Å². The average molecular weight is 470 g/mol. The number of aromatic nitrogens is 3. The van der Waals surface area contributed by atoms with E-state index in [2.05, 4.69) is 70.7 Å². The van der Waals surface area contributed by atoms with E-state index in [4.69, 9.17) is 5.21 Å². The minimum absolute atomic E-state index is 0.332. The molecule has 1 amide bonds. The van der Waals surface area contributed by atoms with Crippen molar-refractivity contribution in [3.05, 3.63) is 94.9 Å². The molecular formula is C28H31N5O2. The van der Waals surface area contributed by atoms with Crippen molar-refractivity contribution in [2.24, 2.45) is 0 Å². The van der Waals surface area contributed by atoms with Gasteiger partial charge in [0.05, 0.1) is 6.20 Å². The molecule has 1 unspecified atom stereocenters. The van der Waals surface area contributed by atoms with Crippen LogP contribution in [0.4, 0.5) is 0 Å². The van der Waals surface area contributed by atoms with Crippen LogP contribution in [0.2, 0.25) is 0 Å². The molecule has 5 rings (SSSR count). The molecule has 2 aromatic heterocycles. The molecule has 1 atom stereocenters. The first-order chi connectivity index (χ1) is 17.1. The second kappa shape index (κ2) is 10.3. The van der Waals surface area contributed by atoms with E-state index < -0.39 is 5.91 Å². The van der Waals surface area contributed by atoms with Crippen molar-refractivity contribution in [1.82, 2.24) is 25.1 Å². The van der Waals surface area contributed by atoms with Crippen LogP contribution in [0.25, 0.3) is 17.0 Å². The third-order valence-corrected chi connectivity index (χ3v) is 6.93. The molecule has 0 saturated carbocycles. The first-order valence-corrected chi connectivity index (χ1v) is 12.2. The van der Waals surface area contributed by atoms with Crippen molar-refractivity contribution in [2.45, 2.75) is 45.3 Å². The van der Waals surface area contributed by atoms with Crippen LogP contribution < -0.4 is 5.48 Å². The second-order valence-corrected chi connectivity index (χ2v) is 9.11. The van der Waals surface area contributed by atoms with Crippen molar-refractivity contribution in [2.75, 3.05) is 6.54 Å². The quantitative estimate of drug-likeness (QED) is 0.189. The minimum Gasteiger partial charge on any atom is -0.361 e. The van der Waals surface area contributed by atoms with Gasteiger partial charge in [-0.2, -0.15) is 5.10 Å². The topological polar surface area (TPSA) is 86.2 Å². The SMILES string of the molecule is CCn1cc(CN(CCc2c[nH]c3ccccc23)C2CCc3cc(/C=C/C(=O)NO)ccc32)cn1. The zero-order chi connectivity index (χ0) is 24.2. The van der Waals surface area contributed by atoms with Gasteiger partial charge >= 0.3 is 0 Å². The summed E-state index contributed by atoms with van der Waals surface area (Å²) in [5, 5.41) is 14.5. The summed E-state index contributed by atoms with van der Waals surface area (Å²) in [5.41, 5.74) is 9.03. The standard InChI is InChI=1S/C28H31N5O2/c1-2-33-19-21(16-30-33)18-32(14-13-23-17-29-26-6-4-3-5-24(23)26)27-11-9-22-15-20(7-10-25(22)27)8-12-28(34)31-35/h3-8,10,12,15-17,19,27,29,35H,2,9,11,13-14,18H2,1H3,(H,31,34)/b12-8+. The third-order valence-electron chi connectivity index (χ3n) is 6.93. The number of fused-ring (bicyclic) bond motifs is 2. The second-order valence-electron chi connectivity index (χ2n) is 9.11. The molecule has 4 aromatic rings. The number of hydrogen-bond donors (Lipinski definition) is 3. The molecule has 0 saturated heterocycles. The van der Waals surface area contributed by atoms with Crippen LogP contribution in [0.15, 0.2) is 67.1 Å². The maximum Gasteiger partial charge on any atom is 0.267 e. The number of hydroxylamine groups is 1. The molecule has 1 aliphatic carbocycles. The van der Waals surface area contributed by atoms with Crippen molar-refractivity contribution < 1.29 is 10.0 Å². The Hall–Kier alpha value is -3.68. The molecule has 7 heteroatoms. The largest absolute Gasteiger partial charge is 0.361 e. The molecule has 0 spiro atoms. The highest BCUT2D eigenvalue weighted by Gasteiger charge is 2.28. The van der Waals surface area contributed by atoms with Crippen LogP contribution in [0.3, 0.4) is 0 Å². The Kier molecular flexibility index (Phi) is 6.79. The number of aryl methyl sites for hydroxylation is 2. The molecule has 1 aliphatic rings. The van der Waals surface area contributed by atoms with Gasteiger partial charge in [0.2, 0.25) is 0 Å². The smallest absolute Gasteiger partial charge is 0.267 e. The first-order valence-electron chi connectivity index (χ1n) is 12.2. The number of benzene rings is 2. The molecule has 180 valence electrons. The lowest BCUT2D eigenvalue weighted by Gasteiger charge is -2.29. The number of nitrogens with zero attached hydrogens (tertiary/aromatic N) is 3. The zero-order valence-electron chi connectivity index (χ0n) is 19.9. The fourth-order valence-electron chi connectivity index (χ4n) is 5.15. The maximum atomic E-state index is 11.3. The number of amides is 1. The number of rotatable bonds is 9. The predicted octanol–water partition coefficient (Wildman–Crippen LogP) is 4.64. The molecule has 3 N–H and O–H groups in total. The summed E-state index contributed by atoms with van der Waals surface area (Å²) in [6.45, 7) is 4.77. The molecule has 0 bridgehead atoms. The van der Waals surface area contributed by atoms with Crippen LogP contribution >= 0.6 is 0 Å². The Morgan fingerprint density at radius 1 is 1.31 bits per heavy atom. The van der Waals surface area contributed by atoms with Gasteiger partial charge in [0.15, 0.2) is 0 Å². The summed E-state index contributed by atoms with van der Waals surface area (Å²) in [6.07, 6.45) is 12.4. The monoisotopic (exact) mass is 469 g/mol. The Morgan fingerprint density at radius 2 is 2.20 bits per heavy atom. The number of hydrogen-bond acceptors (Lipinski definition) is 4. The van der Waals surface area contributed by atoms with Gasteiger partial charge in [-0.25, -0.2) is 5.48 Å². The average Bonchev–Trinajstić information content (AvgIpc) is 3.63. The van der Waals surface area contributed by atoms with Crippen molar-refractivity contribution in [3.63, 3.8) is 0 Å². The molecule has 2 heterocycles. The van der Waals surface area contributed by atoms with E-state index in [-0.39, 0.29) is 0 Å². The van der Waals surface area contributed by atoms with Crippen molar-refractivity contribution in [1.29, 1.82) is 0 Å². The molecule has 0 aliphatic heterocycles. The van der Waals surface area contributed by atoms with Crippen LogP contribution in [0, 0.1) is 0 Å². The van der Waals surface area contributed by atoms with Crippen molar-refractivity contribution >= 4 is 22.9 Å². The summed E-state index contributed by atoms with van der Waals surface area (Å²) in [7, 11) is 0. The highest BCUT2D eigenvalue weighted by molar-refractivity contribution is 5.90. The van der Waals surface area contributed by atoms with Gasteiger partial charge in [0.1, 0.15) is 0 Å². The van der Waals surface area contributed by atoms with Gasteiger partial charge in [-0.05, 0) is 60.6 Å². The normalized spacial score (nSPS) is 15.3. The van der Waals surface area contributed by atoms with Crippen LogP contribution in [0.5, 0.6) is 0 Å². The van der Waals surface area contributed by atoms with Crippen LogP contribution in [0.1, 0.15) is 47.2 Å². The fourth-order valence-corrected chi connectivity index (χ4v) is 5.15. The zero-order valence-corrected chi connectivity index (χ0v) is 19.9. The number of nitrogens with one attached hydrogen (secondary N) is 2. The third kappa shape index (κ3) is 5.06. The maximum absolute atomic E-state index is 11.3. The van der Waals surface area contributed by atoms with Gasteiger partial charge < -0.3 is 4.98 Å². The van der Waals surface area contributed by atoms with E-state index in [1.165, 1.54) is 39.2 Å². The number of para-hydroxylation sites is 1. The lowest BCUT2D eigenvalue weighted by molar-refractivity contribution is -0.124. The summed E-state index contributed by atoms with van der Waals surface area (Å²) >= 11 is 0. The summed E-state index contributed by atoms with van der Waals surface area (Å²) in [4.78, 5) is 17.3. The van der Waals surface area contributed by atoms with Gasteiger partial charge in [-0.3, -0.25) is 19.6 Å². The van der Waals surface area contributed by atoms with E-state index >= 15 is 0 Å². The molecule has 35 heavy (non-hydrogen) atoms. The molecular weight excluding hydrogens is 438 g/mol. The van der Waals surface area contributed by atoms with E-state index in [1.54, 1.807) is 11.6 Å². The first kappa shape index (κ1) is 23.1. The summed E-state index contributed by atoms with van der Waals surface area (Å²) < 4.78 is 1.98. The lowest BCUT2D eigenvalue weighted by Crippen LogP contribution is -2.29. The molecule has 0 radical (unpaired) electrons. The van der Waals surface area contributed by atoms with E-state index in [0.717, 1.165) is 44.5 Å². The minimum atomic E-state index is -0.528. The Bertz CT molecular complexity index is 1350. The number of carbonyl (C=O) groups is 1. The molecule has 2 aromatic carbocycles. The van der Waals surface area contributed by atoms with E-state index in [9.17, 15) is 4.79 Å². The van der Waals surface area contributed by atoms with Gasteiger partial charge in [-0.15, -0.1) is 0 Å². The van der Waals surface area contributed by atoms with E-state index in [0.29, 0.717) is 6.04 Å². The summed E-state index contributed by atoms with van der Waals surface area (Å²) in [6, 6.07) is 15.2. The van der Waals surface area contributed by atoms with Crippen LogP contribution in [-0.4, -0.2) is 37.3 Å². The number of carbonyl (C=O) groups excluding carboxylic acids is 1. The Morgan fingerprint density at radius 3 is 3.03 bits per heavy atom. The molecule has 0 fully saturated rings. The van der Waals surface area contributed by atoms with Gasteiger partial charge in [0.25, 0.3) is 5.91 Å². The highest BCUT2D eigenvalue weighted by atomic mass is 16.5. The molecule has 7 nitrogen and oxygen atoms in total. The highest BCUT2D eigenvalue weighted by Crippen LogP contribution is 2.37. The Labute approximate surface area is 205 Å². The van der Waals surface area contributed by atoms with Crippen LogP contribution in [-0.2, 0) is 30.7 Å². The lowest BCUT2D eigenvalue weighted by atomic mass is 10.0. The van der Waals surface area contributed by atoms with E-state index in [1.807, 2.05) is 16.9 Å². The Balaban J connectivity index is 1.39.